The first kappa shape index (κ1) is 9.90. The average molecular weight is 160 g/mol. The molecule has 0 aliphatic rings. The number of hydrogen-bond acceptors (Lipinski definition) is 3. The molecule has 11 heavy (non-hydrogen) atoms. The molecule has 0 fully saturated rings. The molecule has 0 aliphatic carbocycles. The number of hydroxylamine groups is 1. The molecule has 0 saturated heterocycles. The minimum Gasteiger partial charge on any atom is -0.361 e. The van der Waals surface area contributed by atoms with Gasteiger partial charge in [-0.3, -0.25) is 14.4 Å². The zero-order chi connectivity index (χ0) is 8.85. The summed E-state index contributed by atoms with van der Waals surface area (Å²) >= 11 is 0. The van der Waals surface area contributed by atoms with E-state index >= 15 is 0 Å². The summed E-state index contributed by atoms with van der Waals surface area (Å²) in [6.07, 6.45) is 0.636. The highest BCUT2D eigenvalue weighted by atomic mass is 16.7. The van der Waals surface area contributed by atoms with Crippen molar-refractivity contribution >= 4 is 11.8 Å². The van der Waals surface area contributed by atoms with E-state index in [-0.39, 0.29) is 6.10 Å². The normalized spacial score (nSPS) is 12.2. The van der Waals surface area contributed by atoms with E-state index in [4.69, 9.17) is 4.84 Å². The van der Waals surface area contributed by atoms with E-state index in [0.717, 1.165) is 6.42 Å². The standard InChI is InChI=1S/C6H12N2O3/c1-3-4(2)11-8-6(10)5(7)9/h4H,3H2,1-2H3,(H2,7,9)(H,8,10). The summed E-state index contributed by atoms with van der Waals surface area (Å²) in [5, 5.41) is 0. The van der Waals surface area contributed by atoms with Crippen LogP contribution in [0, 0.1) is 0 Å². The van der Waals surface area contributed by atoms with Gasteiger partial charge in [-0.05, 0) is 13.3 Å². The van der Waals surface area contributed by atoms with Gasteiger partial charge in [-0.25, -0.2) is 5.48 Å². The van der Waals surface area contributed by atoms with Crippen LogP contribution in [0.15, 0.2) is 0 Å². The molecule has 1 unspecified atom stereocenters. The van der Waals surface area contributed by atoms with Crippen molar-refractivity contribution in [1.29, 1.82) is 0 Å². The highest BCUT2D eigenvalue weighted by molar-refractivity contribution is 6.34. The van der Waals surface area contributed by atoms with Crippen LogP contribution in [0.1, 0.15) is 20.3 Å². The van der Waals surface area contributed by atoms with Crippen molar-refractivity contribution in [3.63, 3.8) is 0 Å². The molecule has 0 aromatic heterocycles. The number of carbonyl (C=O) groups is 2. The summed E-state index contributed by atoms with van der Waals surface area (Å²) in [4.78, 5) is 25.3. The maximum atomic E-state index is 10.5. The summed E-state index contributed by atoms with van der Waals surface area (Å²) in [6, 6.07) is 0. The summed E-state index contributed by atoms with van der Waals surface area (Å²) < 4.78 is 0. The summed E-state index contributed by atoms with van der Waals surface area (Å²) in [6.45, 7) is 3.66. The highest BCUT2D eigenvalue weighted by Crippen LogP contribution is 1.91. The molecule has 0 radical (unpaired) electrons. The summed E-state index contributed by atoms with van der Waals surface area (Å²) in [5.41, 5.74) is 6.55. The molecule has 0 spiro atoms. The van der Waals surface area contributed by atoms with Gasteiger partial charge >= 0.3 is 11.8 Å². The van der Waals surface area contributed by atoms with Gasteiger partial charge in [0, 0.05) is 0 Å². The Labute approximate surface area is 64.8 Å². The fraction of sp³-hybridized carbons (Fsp3) is 0.667. The minimum absolute atomic E-state index is 0.113. The lowest BCUT2D eigenvalue weighted by Crippen LogP contribution is -2.37. The van der Waals surface area contributed by atoms with Gasteiger partial charge in [0.05, 0.1) is 6.10 Å². The van der Waals surface area contributed by atoms with Crippen LogP contribution in [0.3, 0.4) is 0 Å². The van der Waals surface area contributed by atoms with Crippen molar-refractivity contribution in [2.75, 3.05) is 0 Å². The molecule has 5 nitrogen and oxygen atoms in total. The third-order valence-electron chi connectivity index (χ3n) is 1.15. The van der Waals surface area contributed by atoms with Crippen LogP contribution in [-0.2, 0) is 14.4 Å². The van der Waals surface area contributed by atoms with Crippen molar-refractivity contribution in [1.82, 2.24) is 5.48 Å². The van der Waals surface area contributed by atoms with E-state index in [2.05, 4.69) is 5.73 Å². The molecule has 2 amide bonds. The fourth-order valence-corrected chi connectivity index (χ4v) is 0.288. The van der Waals surface area contributed by atoms with Crippen molar-refractivity contribution in [2.45, 2.75) is 26.4 Å². The van der Waals surface area contributed by atoms with E-state index in [1.807, 2.05) is 12.4 Å². The predicted octanol–water partition coefficient (Wildman–Crippen LogP) is -0.682. The topological polar surface area (TPSA) is 81.4 Å². The molecule has 0 bridgehead atoms. The second kappa shape index (κ2) is 4.68. The van der Waals surface area contributed by atoms with Gasteiger partial charge in [-0.15, -0.1) is 0 Å². The SMILES string of the molecule is CCC(C)ONC(=O)C(N)=O. The van der Waals surface area contributed by atoms with Gasteiger partial charge in [0.1, 0.15) is 0 Å². The third kappa shape index (κ3) is 4.32. The van der Waals surface area contributed by atoms with Crippen molar-refractivity contribution in [2.24, 2.45) is 5.73 Å². The number of hydrogen-bond donors (Lipinski definition) is 2. The number of nitrogens with one attached hydrogen (secondary N) is 1. The van der Waals surface area contributed by atoms with Crippen LogP contribution < -0.4 is 11.2 Å². The van der Waals surface area contributed by atoms with Crippen LogP contribution >= 0.6 is 0 Å². The van der Waals surface area contributed by atoms with Crippen molar-refractivity contribution in [3.05, 3.63) is 0 Å². The quantitative estimate of drug-likeness (QED) is 0.424. The molecule has 5 heteroatoms. The largest absolute Gasteiger partial charge is 0.361 e. The van der Waals surface area contributed by atoms with E-state index < -0.39 is 11.8 Å². The Kier molecular flexibility index (Phi) is 4.21. The molecule has 0 rings (SSSR count). The van der Waals surface area contributed by atoms with Crippen LogP contribution in [0.5, 0.6) is 0 Å². The Morgan fingerprint density at radius 3 is 2.55 bits per heavy atom. The van der Waals surface area contributed by atoms with Crippen molar-refractivity contribution < 1.29 is 14.4 Å². The van der Waals surface area contributed by atoms with Crippen LogP contribution in [0.4, 0.5) is 0 Å². The van der Waals surface area contributed by atoms with E-state index in [9.17, 15) is 9.59 Å². The van der Waals surface area contributed by atoms with Gasteiger partial charge in [0.2, 0.25) is 0 Å². The number of nitrogens with two attached hydrogens (primary N) is 1. The van der Waals surface area contributed by atoms with Crippen LogP contribution in [0.25, 0.3) is 0 Å². The zero-order valence-corrected chi connectivity index (χ0v) is 6.59. The molecular formula is C6H12N2O3. The summed E-state index contributed by atoms with van der Waals surface area (Å²) in [7, 11) is 0. The maximum absolute atomic E-state index is 10.5. The molecule has 0 heterocycles. The van der Waals surface area contributed by atoms with Crippen LogP contribution in [-0.4, -0.2) is 17.9 Å². The van der Waals surface area contributed by atoms with E-state index in [0.29, 0.717) is 0 Å². The minimum atomic E-state index is -1.05. The maximum Gasteiger partial charge on any atom is 0.332 e. The Bertz CT molecular complexity index is 158. The molecule has 64 valence electrons. The summed E-state index contributed by atoms with van der Waals surface area (Å²) in [5.74, 6) is -1.97. The van der Waals surface area contributed by atoms with Gasteiger partial charge in [0.25, 0.3) is 0 Å². The molecule has 1 atom stereocenters. The molecule has 0 aromatic rings. The van der Waals surface area contributed by atoms with Crippen molar-refractivity contribution in [3.8, 4) is 0 Å². The second-order valence-electron chi connectivity index (χ2n) is 2.13. The Hall–Kier alpha value is -1.10. The zero-order valence-electron chi connectivity index (χ0n) is 6.59. The molecular weight excluding hydrogens is 148 g/mol. The number of primary amides is 1. The smallest absolute Gasteiger partial charge is 0.332 e. The predicted molar refractivity (Wildman–Crippen MR) is 38.2 cm³/mol. The van der Waals surface area contributed by atoms with Crippen LogP contribution in [0.2, 0.25) is 0 Å². The lowest BCUT2D eigenvalue weighted by Gasteiger charge is -2.08. The highest BCUT2D eigenvalue weighted by Gasteiger charge is 2.08. The molecule has 0 aromatic carbocycles. The lowest BCUT2D eigenvalue weighted by atomic mass is 10.3. The van der Waals surface area contributed by atoms with E-state index in [1.54, 1.807) is 6.92 Å². The van der Waals surface area contributed by atoms with Gasteiger partial charge in [0.15, 0.2) is 0 Å². The van der Waals surface area contributed by atoms with Gasteiger partial charge in [-0.1, -0.05) is 6.92 Å². The van der Waals surface area contributed by atoms with Gasteiger partial charge in [-0.2, -0.15) is 0 Å². The third-order valence-corrected chi connectivity index (χ3v) is 1.15. The molecule has 0 aliphatic heterocycles. The molecule has 0 saturated carbocycles. The van der Waals surface area contributed by atoms with Gasteiger partial charge < -0.3 is 5.73 Å². The first-order valence-corrected chi connectivity index (χ1v) is 3.33. The van der Waals surface area contributed by atoms with E-state index in [1.165, 1.54) is 0 Å². The first-order valence-electron chi connectivity index (χ1n) is 3.33. The monoisotopic (exact) mass is 160 g/mol. The molecule has 3 N–H and O–H groups in total. The Morgan fingerprint density at radius 1 is 1.64 bits per heavy atom. The number of rotatable bonds is 3. The first-order chi connectivity index (χ1) is 5.07. The lowest BCUT2D eigenvalue weighted by molar-refractivity contribution is -0.148. The second-order valence-corrected chi connectivity index (χ2v) is 2.13. The average Bonchev–Trinajstić information content (AvgIpc) is 1.99. The Balaban J connectivity index is 3.54. The number of amides is 2. The fourth-order valence-electron chi connectivity index (χ4n) is 0.288. The Morgan fingerprint density at radius 2 is 2.18 bits per heavy atom. The number of carbonyl (C=O) groups excluding carboxylic acids is 2.